The number of aliphatic hydroxyl groups excluding tert-OH is 1. The van der Waals surface area contributed by atoms with E-state index in [1.54, 1.807) is 24.9 Å². The van der Waals surface area contributed by atoms with Gasteiger partial charge in [0.1, 0.15) is 0 Å². The minimum Gasteiger partial charge on any atom is -0.392 e. The van der Waals surface area contributed by atoms with E-state index in [0.29, 0.717) is 5.69 Å². The van der Waals surface area contributed by atoms with Gasteiger partial charge in [0.05, 0.1) is 12.2 Å². The van der Waals surface area contributed by atoms with Crippen molar-refractivity contribution in [1.29, 1.82) is 0 Å². The normalized spacial score (nSPS) is 13.3. The summed E-state index contributed by atoms with van der Waals surface area (Å²) in [6.45, 7) is 1.41. The molecule has 0 aromatic heterocycles. The molecule has 114 valence electrons. The maximum atomic E-state index is 13.0. The van der Waals surface area contributed by atoms with E-state index in [9.17, 15) is 13.2 Å². The highest BCUT2D eigenvalue weighted by atomic mass is 32.2. The van der Waals surface area contributed by atoms with Crippen molar-refractivity contribution in [3.63, 3.8) is 0 Å². The molecule has 1 atom stereocenters. The number of nitrogens with zero attached hydrogens (tertiary/aromatic N) is 1. The van der Waals surface area contributed by atoms with Gasteiger partial charge < -0.3 is 10.0 Å². The number of aliphatic hydroxyl groups is 1. The summed E-state index contributed by atoms with van der Waals surface area (Å²) in [4.78, 5) is 1.87. The Kier molecular flexibility index (Phi) is 6.20. The molecule has 0 radical (unpaired) electrons. The number of benzene rings is 1. The topological polar surface area (TPSA) is 23.5 Å². The third-order valence-electron chi connectivity index (χ3n) is 3.35. The van der Waals surface area contributed by atoms with Crippen LogP contribution in [0, 0.1) is 0 Å². The minimum absolute atomic E-state index is 0.0902. The lowest BCUT2D eigenvalue weighted by atomic mass is 10.1. The lowest BCUT2D eigenvalue weighted by Crippen LogP contribution is -2.33. The number of rotatable bonds is 6. The van der Waals surface area contributed by atoms with Crippen molar-refractivity contribution >= 4 is 17.4 Å². The van der Waals surface area contributed by atoms with E-state index >= 15 is 0 Å². The first-order valence-electron chi connectivity index (χ1n) is 6.37. The fourth-order valence-corrected chi connectivity index (χ4v) is 2.94. The third kappa shape index (κ3) is 4.06. The van der Waals surface area contributed by atoms with Crippen LogP contribution in [0.1, 0.15) is 24.5 Å². The lowest BCUT2D eigenvalue weighted by molar-refractivity contribution is -0.138. The summed E-state index contributed by atoms with van der Waals surface area (Å²) >= 11 is 1.67. The molecule has 1 aromatic rings. The van der Waals surface area contributed by atoms with E-state index in [1.807, 2.05) is 18.1 Å². The molecule has 6 heteroatoms. The second-order valence-electron chi connectivity index (χ2n) is 4.63. The highest BCUT2D eigenvalue weighted by molar-refractivity contribution is 7.98. The van der Waals surface area contributed by atoms with Crippen LogP contribution in [0.2, 0.25) is 0 Å². The third-order valence-corrected chi connectivity index (χ3v) is 4.07. The number of thioether (sulfide) groups is 1. The fourth-order valence-electron chi connectivity index (χ4n) is 2.09. The molecule has 1 rings (SSSR count). The maximum Gasteiger partial charge on any atom is 0.416 e. The first-order chi connectivity index (χ1) is 9.35. The summed E-state index contributed by atoms with van der Waals surface area (Å²) < 4.78 is 38.9. The van der Waals surface area contributed by atoms with Gasteiger partial charge in [-0.2, -0.15) is 24.9 Å². The van der Waals surface area contributed by atoms with Crippen LogP contribution in [0.4, 0.5) is 18.9 Å². The zero-order valence-electron chi connectivity index (χ0n) is 11.9. The molecule has 0 fully saturated rings. The number of alkyl halides is 3. The van der Waals surface area contributed by atoms with Crippen LogP contribution in [-0.2, 0) is 12.8 Å². The number of anilines is 1. The van der Waals surface area contributed by atoms with Crippen LogP contribution in [0.15, 0.2) is 18.2 Å². The van der Waals surface area contributed by atoms with Gasteiger partial charge in [0.2, 0.25) is 0 Å². The van der Waals surface area contributed by atoms with Crippen molar-refractivity contribution in [3.8, 4) is 0 Å². The van der Waals surface area contributed by atoms with Crippen molar-refractivity contribution in [2.45, 2.75) is 32.2 Å². The van der Waals surface area contributed by atoms with Gasteiger partial charge in [-0.25, -0.2) is 0 Å². The van der Waals surface area contributed by atoms with E-state index in [2.05, 4.69) is 0 Å². The predicted molar refractivity (Wildman–Crippen MR) is 78.2 cm³/mol. The molecule has 0 amide bonds. The van der Waals surface area contributed by atoms with Crippen LogP contribution in [0.25, 0.3) is 0 Å². The number of hydrogen-bond donors (Lipinski definition) is 1. The van der Waals surface area contributed by atoms with E-state index in [1.165, 1.54) is 6.07 Å². The van der Waals surface area contributed by atoms with Crippen LogP contribution < -0.4 is 4.90 Å². The standard InChI is InChI=1S/C14H20F3NOS/c1-4-11(9-20-3)18(2)12-6-5-10(8-19)13(7-12)14(15,16)17/h5-7,11,19H,4,8-9H2,1-3H3. The molecular weight excluding hydrogens is 287 g/mol. The van der Waals surface area contributed by atoms with E-state index < -0.39 is 18.3 Å². The summed E-state index contributed by atoms with van der Waals surface area (Å²) in [6, 6.07) is 4.28. The Labute approximate surface area is 122 Å². The molecule has 1 N–H and O–H groups in total. The summed E-state index contributed by atoms with van der Waals surface area (Å²) in [5, 5.41) is 9.03. The number of hydrogen-bond acceptors (Lipinski definition) is 3. The quantitative estimate of drug-likeness (QED) is 0.865. The molecule has 20 heavy (non-hydrogen) atoms. The van der Waals surface area contributed by atoms with Gasteiger partial charge in [-0.05, 0) is 30.4 Å². The highest BCUT2D eigenvalue weighted by Gasteiger charge is 2.33. The van der Waals surface area contributed by atoms with Crippen LogP contribution >= 0.6 is 11.8 Å². The van der Waals surface area contributed by atoms with Gasteiger partial charge in [0, 0.05) is 24.5 Å². The van der Waals surface area contributed by atoms with E-state index in [-0.39, 0.29) is 11.6 Å². The van der Waals surface area contributed by atoms with Crippen LogP contribution in [0.5, 0.6) is 0 Å². The van der Waals surface area contributed by atoms with Crippen molar-refractivity contribution < 1.29 is 18.3 Å². The molecule has 1 unspecified atom stereocenters. The summed E-state index contributed by atoms with van der Waals surface area (Å²) in [6.07, 6.45) is -1.61. The molecule has 0 bridgehead atoms. The van der Waals surface area contributed by atoms with Gasteiger partial charge in [-0.1, -0.05) is 13.0 Å². The van der Waals surface area contributed by atoms with Gasteiger partial charge in [-0.3, -0.25) is 0 Å². The molecule has 1 aromatic carbocycles. The van der Waals surface area contributed by atoms with Crippen molar-refractivity contribution in [3.05, 3.63) is 29.3 Å². The fraction of sp³-hybridized carbons (Fsp3) is 0.571. The van der Waals surface area contributed by atoms with Crippen molar-refractivity contribution in [2.24, 2.45) is 0 Å². The number of halogens is 3. The van der Waals surface area contributed by atoms with Gasteiger partial charge >= 0.3 is 6.18 Å². The predicted octanol–water partition coefficient (Wildman–Crippen LogP) is 3.78. The molecule has 0 spiro atoms. The lowest BCUT2D eigenvalue weighted by Gasteiger charge is -2.29. The molecule has 0 aliphatic heterocycles. The van der Waals surface area contributed by atoms with Gasteiger partial charge in [0.25, 0.3) is 0 Å². The molecular formula is C14H20F3NOS. The molecule has 0 aliphatic carbocycles. The Morgan fingerprint density at radius 1 is 1.35 bits per heavy atom. The average molecular weight is 307 g/mol. The average Bonchev–Trinajstić information content (AvgIpc) is 2.42. The molecule has 0 saturated heterocycles. The van der Waals surface area contributed by atoms with Crippen molar-refractivity contribution in [2.75, 3.05) is 24.0 Å². The Morgan fingerprint density at radius 3 is 2.45 bits per heavy atom. The summed E-state index contributed by atoms with van der Waals surface area (Å²) in [5.41, 5.74) is -0.327. The monoisotopic (exact) mass is 307 g/mol. The van der Waals surface area contributed by atoms with E-state index in [4.69, 9.17) is 5.11 Å². The molecule has 0 saturated carbocycles. The molecule has 2 nitrogen and oxygen atoms in total. The smallest absolute Gasteiger partial charge is 0.392 e. The highest BCUT2D eigenvalue weighted by Crippen LogP contribution is 2.35. The summed E-state index contributed by atoms with van der Waals surface area (Å²) in [5.74, 6) is 0.857. The zero-order valence-corrected chi connectivity index (χ0v) is 12.7. The maximum absolute atomic E-state index is 13.0. The Bertz CT molecular complexity index is 437. The van der Waals surface area contributed by atoms with Crippen molar-refractivity contribution in [1.82, 2.24) is 0 Å². The van der Waals surface area contributed by atoms with Crippen LogP contribution in [-0.4, -0.2) is 30.2 Å². The first kappa shape index (κ1) is 17.2. The Morgan fingerprint density at radius 2 is 2.00 bits per heavy atom. The first-order valence-corrected chi connectivity index (χ1v) is 7.77. The molecule has 0 aliphatic rings. The largest absolute Gasteiger partial charge is 0.416 e. The SMILES string of the molecule is CCC(CSC)N(C)c1ccc(CO)c(C(F)(F)F)c1. The second kappa shape index (κ2) is 7.22. The Hall–Kier alpha value is -0.880. The second-order valence-corrected chi connectivity index (χ2v) is 5.54. The molecule has 0 heterocycles. The van der Waals surface area contributed by atoms with E-state index in [0.717, 1.165) is 18.2 Å². The Balaban J connectivity index is 3.14. The zero-order chi connectivity index (χ0) is 15.3. The van der Waals surface area contributed by atoms with Crippen LogP contribution in [0.3, 0.4) is 0 Å². The summed E-state index contributed by atoms with van der Waals surface area (Å²) in [7, 11) is 1.80. The van der Waals surface area contributed by atoms with Gasteiger partial charge in [-0.15, -0.1) is 0 Å². The van der Waals surface area contributed by atoms with Gasteiger partial charge in [0.15, 0.2) is 0 Å². The minimum atomic E-state index is -4.45.